The molecule has 0 spiro atoms. The number of piperidine rings is 1. The third-order valence-corrected chi connectivity index (χ3v) is 5.61. The van der Waals surface area contributed by atoms with Gasteiger partial charge in [-0.3, -0.25) is 0 Å². The van der Waals surface area contributed by atoms with Crippen LogP contribution in [0.3, 0.4) is 0 Å². The van der Waals surface area contributed by atoms with Crippen LogP contribution in [0.1, 0.15) is 30.4 Å². The van der Waals surface area contributed by atoms with E-state index in [-0.39, 0.29) is 0 Å². The molecule has 1 heterocycles. The minimum atomic E-state index is 0.459. The molecule has 3 atom stereocenters. The second-order valence-electron chi connectivity index (χ2n) is 6.31. The summed E-state index contributed by atoms with van der Waals surface area (Å²) in [5, 5.41) is 0. The van der Waals surface area contributed by atoms with Crippen LogP contribution < -0.4 is 0 Å². The monoisotopic (exact) mass is 239 g/mol. The smallest absolute Gasteiger partial charge is 0.0204 e. The van der Waals surface area contributed by atoms with Crippen LogP contribution in [0.5, 0.6) is 0 Å². The molecular weight excluding hydrogens is 218 g/mol. The summed E-state index contributed by atoms with van der Waals surface area (Å²) in [6, 6.07) is 9.94. The third kappa shape index (κ3) is 1.26. The Labute approximate surface area is 109 Å². The van der Waals surface area contributed by atoms with E-state index < -0.39 is 0 Å². The molecule has 4 rings (SSSR count). The van der Waals surface area contributed by atoms with Crippen LogP contribution in [0.15, 0.2) is 36.4 Å². The summed E-state index contributed by atoms with van der Waals surface area (Å²) in [7, 11) is 2.31. The first kappa shape index (κ1) is 10.8. The lowest BCUT2D eigenvalue weighted by Gasteiger charge is -2.56. The fraction of sp³-hybridized carbons (Fsp3) is 0.529. The minimum absolute atomic E-state index is 0.459. The third-order valence-electron chi connectivity index (χ3n) is 5.61. The van der Waals surface area contributed by atoms with Crippen molar-refractivity contribution in [2.45, 2.75) is 37.1 Å². The molecule has 2 bridgehead atoms. The molecule has 0 amide bonds. The highest BCUT2D eigenvalue weighted by Gasteiger charge is 2.51. The molecule has 0 N–H and O–H groups in total. The molecule has 18 heavy (non-hydrogen) atoms. The van der Waals surface area contributed by atoms with Crippen molar-refractivity contribution >= 4 is 0 Å². The Morgan fingerprint density at radius 2 is 2.11 bits per heavy atom. The molecule has 1 aliphatic heterocycles. The SMILES string of the molecule is CN1CC[C@]23CCC=C[C@H]2[C@H]1Cc1ccccc13. The number of nitrogens with zero attached hydrogens (tertiary/aromatic N) is 1. The van der Waals surface area contributed by atoms with E-state index >= 15 is 0 Å². The van der Waals surface area contributed by atoms with Crippen molar-refractivity contribution in [3.05, 3.63) is 47.5 Å². The standard InChI is InChI=1S/C17H21N/c1-18-11-10-17-9-5-4-8-15(17)16(18)12-13-6-2-3-7-14(13)17/h2-4,6-8,15-16H,5,9-12H2,1H3/t15-,16+,17-/m0/s1. The van der Waals surface area contributed by atoms with Gasteiger partial charge in [0, 0.05) is 17.4 Å². The quantitative estimate of drug-likeness (QED) is 0.629. The number of benzene rings is 1. The van der Waals surface area contributed by atoms with Gasteiger partial charge in [0.15, 0.2) is 0 Å². The Morgan fingerprint density at radius 3 is 3.06 bits per heavy atom. The van der Waals surface area contributed by atoms with Crippen molar-refractivity contribution in [3.63, 3.8) is 0 Å². The molecule has 0 saturated carbocycles. The van der Waals surface area contributed by atoms with Crippen LogP contribution >= 0.6 is 0 Å². The lowest BCUT2D eigenvalue weighted by atomic mass is 9.54. The van der Waals surface area contributed by atoms with Crippen molar-refractivity contribution < 1.29 is 0 Å². The van der Waals surface area contributed by atoms with Gasteiger partial charge in [-0.15, -0.1) is 0 Å². The maximum absolute atomic E-state index is 2.59. The number of likely N-dealkylation sites (N-methyl/N-ethyl adjacent to an activating group) is 1. The topological polar surface area (TPSA) is 3.24 Å². The molecule has 2 aliphatic carbocycles. The molecule has 1 saturated heterocycles. The molecule has 1 aromatic carbocycles. The zero-order valence-electron chi connectivity index (χ0n) is 11.1. The summed E-state index contributed by atoms with van der Waals surface area (Å²) >= 11 is 0. The van der Waals surface area contributed by atoms with E-state index in [9.17, 15) is 0 Å². The normalized spacial score (nSPS) is 38.1. The van der Waals surface area contributed by atoms with Crippen LogP contribution in [0.2, 0.25) is 0 Å². The Morgan fingerprint density at radius 1 is 1.22 bits per heavy atom. The number of fused-ring (bicyclic) bond motifs is 1. The molecular formula is C17H21N. The van der Waals surface area contributed by atoms with Gasteiger partial charge in [0.1, 0.15) is 0 Å². The summed E-state index contributed by atoms with van der Waals surface area (Å²) in [5.74, 6) is 0.750. The van der Waals surface area contributed by atoms with Gasteiger partial charge in [0.2, 0.25) is 0 Å². The second kappa shape index (κ2) is 3.71. The van der Waals surface area contributed by atoms with Gasteiger partial charge < -0.3 is 4.90 Å². The number of rotatable bonds is 0. The fourth-order valence-electron chi connectivity index (χ4n) is 4.68. The average Bonchev–Trinajstić information content (AvgIpc) is 2.43. The van der Waals surface area contributed by atoms with E-state index in [2.05, 4.69) is 48.4 Å². The Kier molecular flexibility index (Phi) is 2.23. The predicted octanol–water partition coefficient (Wildman–Crippen LogP) is 3.15. The molecule has 3 aliphatic rings. The first-order valence-electron chi connectivity index (χ1n) is 7.26. The highest BCUT2D eigenvalue weighted by Crippen LogP contribution is 2.53. The van der Waals surface area contributed by atoms with Crippen molar-refractivity contribution in [2.75, 3.05) is 13.6 Å². The van der Waals surface area contributed by atoms with E-state index in [1.807, 2.05) is 0 Å². The summed E-state index contributed by atoms with van der Waals surface area (Å²) in [4.78, 5) is 2.59. The van der Waals surface area contributed by atoms with E-state index in [0.29, 0.717) is 5.41 Å². The molecule has 1 fully saturated rings. The Bertz CT molecular complexity index is 504. The van der Waals surface area contributed by atoms with Crippen LogP contribution in [-0.4, -0.2) is 24.5 Å². The van der Waals surface area contributed by atoms with Crippen molar-refractivity contribution in [3.8, 4) is 0 Å². The average molecular weight is 239 g/mol. The van der Waals surface area contributed by atoms with Gasteiger partial charge in [-0.1, -0.05) is 36.4 Å². The molecule has 1 nitrogen and oxygen atoms in total. The molecule has 0 radical (unpaired) electrons. The zero-order valence-corrected chi connectivity index (χ0v) is 11.1. The molecule has 0 aromatic heterocycles. The summed E-state index contributed by atoms with van der Waals surface area (Å²) in [5.41, 5.74) is 3.74. The highest BCUT2D eigenvalue weighted by molar-refractivity contribution is 5.43. The summed E-state index contributed by atoms with van der Waals surface area (Å²) in [6.07, 6.45) is 10.1. The largest absolute Gasteiger partial charge is 0.302 e. The van der Waals surface area contributed by atoms with E-state index in [1.165, 1.54) is 32.2 Å². The number of hydrogen-bond acceptors (Lipinski definition) is 1. The van der Waals surface area contributed by atoms with Gasteiger partial charge in [0.25, 0.3) is 0 Å². The fourth-order valence-corrected chi connectivity index (χ4v) is 4.68. The first-order chi connectivity index (χ1) is 8.81. The van der Waals surface area contributed by atoms with Crippen LogP contribution in [-0.2, 0) is 11.8 Å². The number of likely N-dealkylation sites (tertiary alicyclic amines) is 1. The number of hydrogen-bond donors (Lipinski definition) is 0. The lowest BCUT2D eigenvalue weighted by Crippen LogP contribution is -2.58. The molecule has 1 heteroatoms. The zero-order chi connectivity index (χ0) is 12.2. The first-order valence-corrected chi connectivity index (χ1v) is 7.26. The van der Waals surface area contributed by atoms with Crippen LogP contribution in [0, 0.1) is 5.92 Å². The Hall–Kier alpha value is -1.08. The van der Waals surface area contributed by atoms with Gasteiger partial charge in [-0.2, -0.15) is 0 Å². The van der Waals surface area contributed by atoms with E-state index in [4.69, 9.17) is 0 Å². The second-order valence-corrected chi connectivity index (χ2v) is 6.31. The van der Waals surface area contributed by atoms with E-state index in [0.717, 1.165) is 12.0 Å². The lowest BCUT2D eigenvalue weighted by molar-refractivity contribution is 0.0478. The Balaban J connectivity index is 1.94. The van der Waals surface area contributed by atoms with Crippen LogP contribution in [0.25, 0.3) is 0 Å². The van der Waals surface area contributed by atoms with Crippen molar-refractivity contribution in [1.29, 1.82) is 0 Å². The molecule has 1 aromatic rings. The van der Waals surface area contributed by atoms with Gasteiger partial charge in [0.05, 0.1) is 0 Å². The van der Waals surface area contributed by atoms with Gasteiger partial charge in [-0.25, -0.2) is 0 Å². The molecule has 94 valence electrons. The van der Waals surface area contributed by atoms with Gasteiger partial charge >= 0.3 is 0 Å². The summed E-state index contributed by atoms with van der Waals surface area (Å²) in [6.45, 7) is 1.27. The molecule has 0 unspecified atom stereocenters. The minimum Gasteiger partial charge on any atom is -0.302 e. The maximum atomic E-state index is 2.59. The maximum Gasteiger partial charge on any atom is 0.0204 e. The van der Waals surface area contributed by atoms with Crippen molar-refractivity contribution in [2.24, 2.45) is 5.92 Å². The van der Waals surface area contributed by atoms with Crippen molar-refractivity contribution in [1.82, 2.24) is 4.90 Å². The predicted molar refractivity (Wildman–Crippen MR) is 74.7 cm³/mol. The van der Waals surface area contributed by atoms with Gasteiger partial charge in [-0.05, 0) is 50.4 Å². The summed E-state index contributed by atoms with van der Waals surface area (Å²) < 4.78 is 0. The number of allylic oxidation sites excluding steroid dienone is 1. The van der Waals surface area contributed by atoms with E-state index in [1.54, 1.807) is 11.1 Å². The highest BCUT2D eigenvalue weighted by atomic mass is 15.1. The van der Waals surface area contributed by atoms with Crippen LogP contribution in [0.4, 0.5) is 0 Å².